The number of carbonyl (C=O) groups excluding carboxylic acids is 2. The van der Waals surface area contributed by atoms with Crippen LogP contribution >= 0.6 is 0 Å². The van der Waals surface area contributed by atoms with Gasteiger partial charge in [-0.1, -0.05) is 30.3 Å². The number of benzene rings is 1. The van der Waals surface area contributed by atoms with E-state index < -0.39 is 11.4 Å². The molecule has 23 heavy (non-hydrogen) atoms. The number of nitrogens with zero attached hydrogens (tertiary/aromatic N) is 1. The third kappa shape index (κ3) is 3.17. The smallest absolute Gasteiger partial charge is 0.410 e. The third-order valence-corrected chi connectivity index (χ3v) is 4.97. The van der Waals surface area contributed by atoms with Crippen molar-refractivity contribution in [1.29, 1.82) is 0 Å². The molecular weight excluding hydrogens is 294 g/mol. The molecule has 124 valence electrons. The van der Waals surface area contributed by atoms with E-state index in [1.165, 1.54) is 0 Å². The van der Waals surface area contributed by atoms with Gasteiger partial charge < -0.3 is 21.1 Å². The van der Waals surface area contributed by atoms with Crippen LogP contribution in [-0.4, -0.2) is 34.5 Å². The first-order valence-corrected chi connectivity index (χ1v) is 8.07. The van der Waals surface area contributed by atoms with Crippen molar-refractivity contribution in [3.05, 3.63) is 35.9 Å². The Kier molecular flexibility index (Phi) is 4.26. The van der Waals surface area contributed by atoms with Gasteiger partial charge in [0.15, 0.2) is 0 Å². The van der Waals surface area contributed by atoms with Crippen LogP contribution in [0.4, 0.5) is 4.79 Å². The summed E-state index contributed by atoms with van der Waals surface area (Å²) in [7, 11) is 0. The molecule has 1 aromatic rings. The number of amides is 2. The van der Waals surface area contributed by atoms with Crippen molar-refractivity contribution in [3.63, 3.8) is 0 Å². The van der Waals surface area contributed by atoms with E-state index >= 15 is 0 Å². The Morgan fingerprint density at radius 1 is 1.17 bits per heavy atom. The molecule has 2 aliphatic heterocycles. The van der Waals surface area contributed by atoms with Gasteiger partial charge in [0.05, 0.1) is 5.54 Å². The molecule has 2 fully saturated rings. The monoisotopic (exact) mass is 317 g/mol. The first-order chi connectivity index (χ1) is 11.0. The average Bonchev–Trinajstić information content (AvgIpc) is 2.52. The molecule has 4 N–H and O–H groups in total. The van der Waals surface area contributed by atoms with Crippen molar-refractivity contribution in [2.45, 2.75) is 56.3 Å². The molecule has 2 unspecified atom stereocenters. The number of piperidine rings is 2. The predicted molar refractivity (Wildman–Crippen MR) is 85.2 cm³/mol. The first-order valence-electron chi connectivity index (χ1n) is 8.07. The van der Waals surface area contributed by atoms with Crippen molar-refractivity contribution in [3.8, 4) is 0 Å². The molecular formula is C17H23N3O3. The van der Waals surface area contributed by atoms with E-state index in [0.717, 1.165) is 24.8 Å². The first kappa shape index (κ1) is 15.8. The molecule has 0 radical (unpaired) electrons. The second-order valence-corrected chi connectivity index (χ2v) is 6.61. The lowest BCUT2D eigenvalue weighted by atomic mass is 9.74. The summed E-state index contributed by atoms with van der Waals surface area (Å²) in [6.45, 7) is 0.249. The molecule has 0 aliphatic carbocycles. The molecule has 2 saturated heterocycles. The second-order valence-electron chi connectivity index (χ2n) is 6.61. The van der Waals surface area contributed by atoms with Crippen molar-refractivity contribution >= 4 is 12.0 Å². The molecule has 0 spiro atoms. The van der Waals surface area contributed by atoms with Crippen LogP contribution in [0.15, 0.2) is 30.3 Å². The molecule has 1 aromatic carbocycles. The SMILES string of the molecule is NC(=O)C1(N)CC2CCCC(C1)N2C(=O)OCc1ccccc1. The Labute approximate surface area is 135 Å². The maximum atomic E-state index is 12.5. The highest BCUT2D eigenvalue weighted by Gasteiger charge is 2.49. The van der Waals surface area contributed by atoms with Gasteiger partial charge >= 0.3 is 6.09 Å². The fraction of sp³-hybridized carbons (Fsp3) is 0.529. The van der Waals surface area contributed by atoms with Crippen molar-refractivity contribution in [1.82, 2.24) is 4.90 Å². The number of fused-ring (bicyclic) bond motifs is 2. The largest absolute Gasteiger partial charge is 0.445 e. The maximum Gasteiger partial charge on any atom is 0.410 e. The van der Waals surface area contributed by atoms with Crippen LogP contribution < -0.4 is 11.5 Å². The number of rotatable bonds is 3. The molecule has 2 amide bonds. The summed E-state index contributed by atoms with van der Waals surface area (Å²) in [5.41, 5.74) is 11.6. The van der Waals surface area contributed by atoms with E-state index in [9.17, 15) is 9.59 Å². The van der Waals surface area contributed by atoms with Crippen LogP contribution in [0.2, 0.25) is 0 Å². The van der Waals surface area contributed by atoms with Crippen molar-refractivity contribution < 1.29 is 14.3 Å². The highest BCUT2D eigenvalue weighted by atomic mass is 16.6. The zero-order valence-corrected chi connectivity index (χ0v) is 13.1. The van der Waals surface area contributed by atoms with Gasteiger partial charge in [-0.25, -0.2) is 4.79 Å². The van der Waals surface area contributed by atoms with Crippen LogP contribution in [0.1, 0.15) is 37.7 Å². The molecule has 2 atom stereocenters. The van der Waals surface area contributed by atoms with Crippen LogP contribution in [0, 0.1) is 0 Å². The Balaban J connectivity index is 1.68. The summed E-state index contributed by atoms with van der Waals surface area (Å²) in [5.74, 6) is -0.480. The van der Waals surface area contributed by atoms with E-state index in [1.54, 1.807) is 4.90 Å². The molecule has 6 nitrogen and oxygen atoms in total. The number of ether oxygens (including phenoxy) is 1. The van der Waals surface area contributed by atoms with E-state index in [1.807, 2.05) is 30.3 Å². The van der Waals surface area contributed by atoms with Crippen LogP contribution in [0.3, 0.4) is 0 Å². The topological polar surface area (TPSA) is 98.6 Å². The summed E-state index contributed by atoms with van der Waals surface area (Å²) in [5, 5.41) is 0. The minimum absolute atomic E-state index is 0.0664. The van der Waals surface area contributed by atoms with Gasteiger partial charge in [-0.15, -0.1) is 0 Å². The van der Waals surface area contributed by atoms with Crippen molar-refractivity contribution in [2.24, 2.45) is 11.5 Å². The number of carbonyl (C=O) groups is 2. The fourth-order valence-corrected chi connectivity index (χ4v) is 3.78. The Morgan fingerprint density at radius 2 is 1.78 bits per heavy atom. The van der Waals surface area contributed by atoms with Gasteiger partial charge in [-0.2, -0.15) is 0 Å². The maximum absolute atomic E-state index is 12.5. The van der Waals surface area contributed by atoms with Gasteiger partial charge in [0.2, 0.25) is 5.91 Å². The quantitative estimate of drug-likeness (QED) is 0.883. The van der Waals surface area contributed by atoms with Gasteiger partial charge in [0.1, 0.15) is 6.61 Å². The summed E-state index contributed by atoms with van der Waals surface area (Å²) in [6, 6.07) is 9.45. The van der Waals surface area contributed by atoms with Gasteiger partial charge in [0, 0.05) is 12.1 Å². The van der Waals surface area contributed by atoms with Crippen molar-refractivity contribution in [2.75, 3.05) is 0 Å². The Bertz CT molecular complexity index is 576. The number of hydrogen-bond acceptors (Lipinski definition) is 4. The molecule has 0 saturated carbocycles. The molecule has 6 heteroatoms. The Hall–Kier alpha value is -2.08. The standard InChI is InChI=1S/C17H23N3O3/c18-15(21)17(19)9-13-7-4-8-14(10-17)20(13)16(22)23-11-12-5-2-1-3-6-12/h1-3,5-6,13-14H,4,7-11,19H2,(H2,18,21). The fourth-order valence-electron chi connectivity index (χ4n) is 3.78. The second kappa shape index (κ2) is 6.20. The third-order valence-electron chi connectivity index (χ3n) is 4.97. The molecule has 2 heterocycles. The van der Waals surface area contributed by atoms with E-state index in [2.05, 4.69) is 0 Å². The van der Waals surface area contributed by atoms with Gasteiger partial charge in [0.25, 0.3) is 0 Å². The zero-order chi connectivity index (χ0) is 16.4. The predicted octanol–water partition coefficient (Wildman–Crippen LogP) is 1.52. The number of nitrogens with two attached hydrogens (primary N) is 2. The molecule has 2 aliphatic rings. The molecule has 2 bridgehead atoms. The summed E-state index contributed by atoms with van der Waals surface area (Å²) < 4.78 is 5.46. The normalized spacial score (nSPS) is 29.9. The highest BCUT2D eigenvalue weighted by molar-refractivity contribution is 5.85. The summed E-state index contributed by atoms with van der Waals surface area (Å²) >= 11 is 0. The number of primary amides is 1. The highest BCUT2D eigenvalue weighted by Crippen LogP contribution is 2.38. The van der Waals surface area contributed by atoms with E-state index in [0.29, 0.717) is 12.8 Å². The minimum atomic E-state index is -1.01. The average molecular weight is 317 g/mol. The van der Waals surface area contributed by atoms with Crippen LogP contribution in [0.5, 0.6) is 0 Å². The lowest BCUT2D eigenvalue weighted by Crippen LogP contribution is -2.66. The van der Waals surface area contributed by atoms with E-state index in [4.69, 9.17) is 16.2 Å². The van der Waals surface area contributed by atoms with Crippen LogP contribution in [0.25, 0.3) is 0 Å². The summed E-state index contributed by atoms with van der Waals surface area (Å²) in [6.07, 6.45) is 3.22. The molecule has 3 rings (SSSR count). The zero-order valence-electron chi connectivity index (χ0n) is 13.1. The number of hydrogen-bond donors (Lipinski definition) is 2. The Morgan fingerprint density at radius 3 is 2.35 bits per heavy atom. The lowest BCUT2D eigenvalue weighted by molar-refractivity contribution is -0.127. The minimum Gasteiger partial charge on any atom is -0.445 e. The van der Waals surface area contributed by atoms with Gasteiger partial charge in [-0.3, -0.25) is 4.79 Å². The van der Waals surface area contributed by atoms with E-state index in [-0.39, 0.29) is 24.8 Å². The van der Waals surface area contributed by atoms with Crippen LogP contribution in [-0.2, 0) is 16.1 Å². The lowest BCUT2D eigenvalue weighted by Gasteiger charge is -2.50. The van der Waals surface area contributed by atoms with Gasteiger partial charge in [-0.05, 0) is 37.7 Å². The summed E-state index contributed by atoms with van der Waals surface area (Å²) in [4.78, 5) is 25.9. The molecule has 0 aromatic heterocycles.